The van der Waals surface area contributed by atoms with Gasteiger partial charge in [-0.05, 0) is 19.1 Å². The molecule has 0 saturated heterocycles. The fourth-order valence-electron chi connectivity index (χ4n) is 1.51. The van der Waals surface area contributed by atoms with Gasteiger partial charge >= 0.3 is 0 Å². The number of nitrogens with zero attached hydrogens (tertiary/aromatic N) is 3. The van der Waals surface area contributed by atoms with Crippen molar-refractivity contribution in [2.75, 3.05) is 20.6 Å². The Labute approximate surface area is 119 Å². The Bertz CT molecular complexity index is 519. The first-order chi connectivity index (χ1) is 9.21. The van der Waals surface area contributed by atoms with Crippen molar-refractivity contribution in [1.82, 2.24) is 14.8 Å². The number of rotatable bonds is 4. The van der Waals surface area contributed by atoms with Crippen LogP contribution in [0.25, 0.3) is 0 Å². The molecule has 1 aromatic rings. The van der Waals surface area contributed by atoms with Gasteiger partial charge in [0.2, 0.25) is 5.91 Å². The van der Waals surface area contributed by atoms with Gasteiger partial charge in [0.25, 0.3) is 5.91 Å². The highest BCUT2D eigenvalue weighted by Gasteiger charge is 2.31. The Kier molecular flexibility index (Phi) is 4.89. The van der Waals surface area contributed by atoms with Crippen molar-refractivity contribution < 1.29 is 14.7 Å². The van der Waals surface area contributed by atoms with Crippen LogP contribution in [0.1, 0.15) is 30.0 Å². The first kappa shape index (κ1) is 16.2. The molecule has 6 nitrogen and oxygen atoms in total. The van der Waals surface area contributed by atoms with Gasteiger partial charge in [-0.15, -0.1) is 0 Å². The molecule has 2 amide bonds. The lowest BCUT2D eigenvalue weighted by Gasteiger charge is -2.33. The molecule has 1 atom stereocenters. The molecule has 106 valence electrons. The summed E-state index contributed by atoms with van der Waals surface area (Å²) >= 11 is 0. The molecule has 20 heavy (non-hydrogen) atoms. The molecule has 0 fully saturated rings. The van der Waals surface area contributed by atoms with Gasteiger partial charge in [-0.25, -0.2) is 4.98 Å². The third-order valence-electron chi connectivity index (χ3n) is 3.15. The van der Waals surface area contributed by atoms with Crippen molar-refractivity contribution >= 4 is 19.7 Å². The van der Waals surface area contributed by atoms with Crippen LogP contribution in [0, 0.1) is 0 Å². The number of carbonyl (C=O) groups excluding carboxylic acids is 2. The van der Waals surface area contributed by atoms with Gasteiger partial charge in [-0.2, -0.15) is 0 Å². The van der Waals surface area contributed by atoms with Crippen LogP contribution in [0.3, 0.4) is 0 Å². The van der Waals surface area contributed by atoms with Gasteiger partial charge < -0.3 is 14.9 Å². The zero-order valence-electron chi connectivity index (χ0n) is 12.1. The minimum absolute atomic E-state index is 0.0329. The van der Waals surface area contributed by atoms with E-state index >= 15 is 0 Å². The van der Waals surface area contributed by atoms with Crippen molar-refractivity contribution in [3.63, 3.8) is 0 Å². The molecule has 1 aromatic heterocycles. The first-order valence-corrected chi connectivity index (χ1v) is 6.20. The molecule has 0 saturated carbocycles. The van der Waals surface area contributed by atoms with Gasteiger partial charge in [0.05, 0.1) is 5.69 Å². The largest absolute Gasteiger partial charge is 0.374 e. The van der Waals surface area contributed by atoms with Crippen LogP contribution in [0.4, 0.5) is 0 Å². The Morgan fingerprint density at radius 1 is 1.40 bits per heavy atom. The van der Waals surface area contributed by atoms with Crippen LogP contribution in [0.5, 0.6) is 0 Å². The topological polar surface area (TPSA) is 73.7 Å². The number of aliphatic hydroxyl groups is 1. The fourth-order valence-corrected chi connectivity index (χ4v) is 1.51. The van der Waals surface area contributed by atoms with E-state index < -0.39 is 11.5 Å². The lowest BCUT2D eigenvalue weighted by atomic mass is 9.85. The summed E-state index contributed by atoms with van der Waals surface area (Å²) in [4.78, 5) is 29.8. The SMILES string of the molecule is [B]C(O)(c1cccc(C(=O)N(C)CC)n1)N(C)C(C)=O. The number of hydrogen-bond donors (Lipinski definition) is 1. The van der Waals surface area contributed by atoms with Gasteiger partial charge in [0, 0.05) is 27.6 Å². The van der Waals surface area contributed by atoms with E-state index in [1.807, 2.05) is 6.92 Å². The maximum Gasteiger partial charge on any atom is 0.272 e. The van der Waals surface area contributed by atoms with Crippen LogP contribution in [-0.4, -0.2) is 60.2 Å². The van der Waals surface area contributed by atoms with E-state index in [1.165, 1.54) is 31.0 Å². The average Bonchev–Trinajstić information content (AvgIpc) is 2.44. The highest BCUT2D eigenvalue weighted by molar-refractivity contribution is 6.15. The number of carbonyl (C=O) groups is 2. The summed E-state index contributed by atoms with van der Waals surface area (Å²) in [6, 6.07) is 4.55. The maximum absolute atomic E-state index is 12.0. The highest BCUT2D eigenvalue weighted by Crippen LogP contribution is 2.19. The molecular formula is C13H18BN3O3. The highest BCUT2D eigenvalue weighted by atomic mass is 16.3. The molecule has 0 spiro atoms. The summed E-state index contributed by atoms with van der Waals surface area (Å²) in [6.07, 6.45) is 0. The molecule has 7 heteroatoms. The molecule has 0 aliphatic heterocycles. The van der Waals surface area contributed by atoms with Crippen molar-refractivity contribution in [2.45, 2.75) is 19.5 Å². The molecule has 0 aliphatic rings. The van der Waals surface area contributed by atoms with Gasteiger partial charge in [-0.3, -0.25) is 9.59 Å². The average molecular weight is 275 g/mol. The second kappa shape index (κ2) is 6.05. The summed E-state index contributed by atoms with van der Waals surface area (Å²) in [6.45, 7) is 3.65. The van der Waals surface area contributed by atoms with Crippen LogP contribution >= 0.6 is 0 Å². The Hall–Kier alpha value is -1.89. The third-order valence-corrected chi connectivity index (χ3v) is 3.15. The number of aromatic nitrogens is 1. The number of amides is 2. The van der Waals surface area contributed by atoms with E-state index in [0.29, 0.717) is 6.54 Å². The normalized spacial score (nSPS) is 13.4. The molecule has 1 rings (SSSR count). The summed E-state index contributed by atoms with van der Waals surface area (Å²) in [7, 11) is 8.74. The zero-order valence-corrected chi connectivity index (χ0v) is 12.1. The van der Waals surface area contributed by atoms with Gasteiger partial charge in [-0.1, -0.05) is 6.07 Å². The van der Waals surface area contributed by atoms with E-state index in [-0.39, 0.29) is 17.3 Å². The Balaban J connectivity index is 3.16. The maximum atomic E-state index is 12.0. The quantitative estimate of drug-likeness (QED) is 0.616. The van der Waals surface area contributed by atoms with Crippen molar-refractivity contribution in [3.05, 3.63) is 29.6 Å². The monoisotopic (exact) mass is 275 g/mol. The van der Waals surface area contributed by atoms with Crippen LogP contribution in [-0.2, 0) is 10.4 Å². The van der Waals surface area contributed by atoms with E-state index in [2.05, 4.69) is 4.98 Å². The lowest BCUT2D eigenvalue weighted by Crippen LogP contribution is -2.47. The first-order valence-electron chi connectivity index (χ1n) is 6.20. The number of pyridine rings is 1. The van der Waals surface area contributed by atoms with Crippen LogP contribution < -0.4 is 0 Å². The predicted molar refractivity (Wildman–Crippen MR) is 75.0 cm³/mol. The van der Waals surface area contributed by atoms with Crippen LogP contribution in [0.2, 0.25) is 0 Å². The molecule has 1 heterocycles. The summed E-state index contributed by atoms with van der Waals surface area (Å²) in [5.74, 6) is -0.699. The minimum atomic E-state index is -2.06. The van der Waals surface area contributed by atoms with Crippen molar-refractivity contribution in [2.24, 2.45) is 0 Å². The zero-order chi connectivity index (χ0) is 15.5. The summed E-state index contributed by atoms with van der Waals surface area (Å²) in [5, 5.41) is 10.2. The molecule has 1 unspecified atom stereocenters. The second-order valence-electron chi connectivity index (χ2n) is 4.53. The smallest absolute Gasteiger partial charge is 0.272 e. The van der Waals surface area contributed by atoms with E-state index in [1.54, 1.807) is 13.1 Å². The standard InChI is InChI=1S/C13H18BN3O3/c1-5-16(3)12(19)10-7-6-8-11(15-10)13(14,20)17(4)9(2)18/h6-8,20H,5H2,1-4H3. The van der Waals surface area contributed by atoms with E-state index in [0.717, 1.165) is 4.90 Å². The molecular weight excluding hydrogens is 257 g/mol. The Morgan fingerprint density at radius 2 is 2.00 bits per heavy atom. The molecule has 0 aliphatic carbocycles. The van der Waals surface area contributed by atoms with Gasteiger partial charge in [0.15, 0.2) is 7.85 Å². The predicted octanol–water partition coefficient (Wildman–Crippen LogP) is -0.0771. The second-order valence-corrected chi connectivity index (χ2v) is 4.53. The van der Waals surface area contributed by atoms with Crippen molar-refractivity contribution in [1.29, 1.82) is 0 Å². The molecule has 2 radical (unpaired) electrons. The number of hydrogen-bond acceptors (Lipinski definition) is 4. The van der Waals surface area contributed by atoms with Crippen molar-refractivity contribution in [3.8, 4) is 0 Å². The molecule has 0 aromatic carbocycles. The summed E-state index contributed by atoms with van der Waals surface area (Å²) in [5.41, 5.74) is -1.87. The summed E-state index contributed by atoms with van der Waals surface area (Å²) < 4.78 is 0. The fraction of sp³-hybridized carbons (Fsp3) is 0.462. The van der Waals surface area contributed by atoms with Gasteiger partial charge in [0.1, 0.15) is 11.3 Å². The third kappa shape index (κ3) is 3.16. The van der Waals surface area contributed by atoms with Crippen LogP contribution in [0.15, 0.2) is 18.2 Å². The lowest BCUT2D eigenvalue weighted by molar-refractivity contribution is -0.141. The van der Waals surface area contributed by atoms with E-state index in [9.17, 15) is 14.7 Å². The minimum Gasteiger partial charge on any atom is -0.374 e. The van der Waals surface area contributed by atoms with E-state index in [4.69, 9.17) is 7.85 Å². The molecule has 0 bridgehead atoms. The Morgan fingerprint density at radius 3 is 2.50 bits per heavy atom. The molecule has 1 N–H and O–H groups in total.